The van der Waals surface area contributed by atoms with Crippen LogP contribution in [0.4, 0.5) is 0 Å². The van der Waals surface area contributed by atoms with Gasteiger partial charge in [0.25, 0.3) is 0 Å². The van der Waals surface area contributed by atoms with Crippen molar-refractivity contribution >= 4 is 43.4 Å². The summed E-state index contributed by atoms with van der Waals surface area (Å²) in [5.41, 5.74) is 12.0. The second-order valence-electron chi connectivity index (χ2n) is 13.8. The Bertz CT molecular complexity index is 2590. The van der Waals surface area contributed by atoms with Crippen molar-refractivity contribution < 1.29 is 0 Å². The third kappa shape index (κ3) is 4.64. The van der Waals surface area contributed by atoms with E-state index in [1.54, 1.807) is 0 Å². The lowest BCUT2D eigenvalue weighted by atomic mass is 9.81. The van der Waals surface area contributed by atoms with E-state index in [0.29, 0.717) is 0 Å². The van der Waals surface area contributed by atoms with Gasteiger partial charge < -0.3 is 0 Å². The molecule has 0 N–H and O–H groups in total. The van der Waals surface area contributed by atoms with Gasteiger partial charge in [-0.3, -0.25) is 0 Å². The molecular formula is C46H34N2. The van der Waals surface area contributed by atoms with Crippen molar-refractivity contribution in [3.05, 3.63) is 157 Å². The van der Waals surface area contributed by atoms with Crippen molar-refractivity contribution in [1.82, 2.24) is 9.97 Å². The minimum absolute atomic E-state index is 0.0718. The Morgan fingerprint density at radius 2 is 0.833 bits per heavy atom. The fourth-order valence-electron chi connectivity index (χ4n) is 7.25. The zero-order valence-electron chi connectivity index (χ0n) is 27.3. The van der Waals surface area contributed by atoms with Crippen molar-refractivity contribution in [1.29, 1.82) is 0 Å². The van der Waals surface area contributed by atoms with Crippen molar-refractivity contribution in [2.24, 2.45) is 0 Å². The summed E-state index contributed by atoms with van der Waals surface area (Å²) in [7, 11) is 0. The lowest BCUT2D eigenvalue weighted by molar-refractivity contribution is 0.591. The molecule has 0 aliphatic carbocycles. The number of hydrogen-bond acceptors (Lipinski definition) is 2. The van der Waals surface area contributed by atoms with Crippen LogP contribution in [0.2, 0.25) is 0 Å². The van der Waals surface area contributed by atoms with Crippen LogP contribution in [0.5, 0.6) is 0 Å². The Morgan fingerprint density at radius 1 is 0.396 bits per heavy atom. The average molecular weight is 615 g/mol. The van der Waals surface area contributed by atoms with Gasteiger partial charge in [0.05, 0.1) is 22.4 Å². The number of para-hydroxylation sites is 2. The first-order valence-electron chi connectivity index (χ1n) is 16.7. The van der Waals surface area contributed by atoms with E-state index >= 15 is 0 Å². The predicted octanol–water partition coefficient (Wildman–Crippen LogP) is 12.5. The number of aromatic nitrogens is 2. The maximum Gasteiger partial charge on any atom is 0.0973 e. The standard InChI is InChI=1S/C46H34N2/c1-46(2,3)35-26-33-22-24-36-38(29-12-6-4-7-13-29)28-39(37-25-23-34(27-35)42(33)43(36)37)30-18-20-32(21-19-30)45-44(31-14-8-5-9-15-31)47-40-16-10-11-17-41(40)48-45/h4-28H,1-3H3. The first-order valence-corrected chi connectivity index (χ1v) is 16.7. The molecule has 1 aromatic heterocycles. The molecule has 0 radical (unpaired) electrons. The van der Waals surface area contributed by atoms with E-state index in [9.17, 15) is 0 Å². The minimum atomic E-state index is 0.0718. The lowest BCUT2D eigenvalue weighted by Gasteiger charge is -2.23. The Balaban J connectivity index is 1.27. The van der Waals surface area contributed by atoms with Gasteiger partial charge in [0, 0.05) is 11.1 Å². The van der Waals surface area contributed by atoms with E-state index in [1.165, 1.54) is 60.1 Å². The molecule has 0 amide bonds. The average Bonchev–Trinajstić information content (AvgIpc) is 3.13. The second-order valence-corrected chi connectivity index (χ2v) is 13.8. The maximum atomic E-state index is 5.15. The van der Waals surface area contributed by atoms with Gasteiger partial charge in [-0.1, -0.05) is 154 Å². The first-order chi connectivity index (χ1) is 23.4. The van der Waals surface area contributed by atoms with E-state index in [4.69, 9.17) is 9.97 Å². The van der Waals surface area contributed by atoms with E-state index in [1.807, 2.05) is 30.3 Å². The molecule has 0 fully saturated rings. The molecule has 9 rings (SSSR count). The van der Waals surface area contributed by atoms with Crippen molar-refractivity contribution in [2.45, 2.75) is 26.2 Å². The highest BCUT2D eigenvalue weighted by Crippen LogP contribution is 2.45. The molecule has 0 aliphatic heterocycles. The summed E-state index contributed by atoms with van der Waals surface area (Å²) in [6, 6.07) is 54.6. The highest BCUT2D eigenvalue weighted by molar-refractivity contribution is 6.28. The van der Waals surface area contributed by atoms with Crippen LogP contribution in [0.1, 0.15) is 26.3 Å². The highest BCUT2D eigenvalue weighted by Gasteiger charge is 2.20. The molecule has 9 aromatic rings. The molecule has 0 saturated heterocycles. The van der Waals surface area contributed by atoms with Crippen molar-refractivity contribution in [3.63, 3.8) is 0 Å². The first kappa shape index (κ1) is 28.4. The number of fused-ring (bicyclic) bond motifs is 1. The Kier molecular flexibility index (Phi) is 6.42. The van der Waals surface area contributed by atoms with Gasteiger partial charge >= 0.3 is 0 Å². The molecule has 2 nitrogen and oxygen atoms in total. The molecule has 0 aliphatic rings. The second kappa shape index (κ2) is 10.9. The highest BCUT2D eigenvalue weighted by atomic mass is 14.8. The summed E-state index contributed by atoms with van der Waals surface area (Å²) < 4.78 is 0. The Hall–Kier alpha value is -5.86. The van der Waals surface area contributed by atoms with Crippen molar-refractivity contribution in [2.75, 3.05) is 0 Å². The topological polar surface area (TPSA) is 25.8 Å². The number of benzene rings is 8. The summed E-state index contributed by atoms with van der Waals surface area (Å²) >= 11 is 0. The zero-order chi connectivity index (χ0) is 32.4. The lowest BCUT2D eigenvalue weighted by Crippen LogP contribution is -2.10. The molecule has 1 heterocycles. The van der Waals surface area contributed by atoms with Gasteiger partial charge in [-0.2, -0.15) is 0 Å². The van der Waals surface area contributed by atoms with Crippen LogP contribution in [0.25, 0.3) is 88.1 Å². The molecule has 8 aromatic carbocycles. The third-order valence-electron chi connectivity index (χ3n) is 9.75. The summed E-state index contributed by atoms with van der Waals surface area (Å²) in [6.07, 6.45) is 0. The third-order valence-corrected chi connectivity index (χ3v) is 9.75. The van der Waals surface area contributed by atoms with Crippen LogP contribution in [-0.4, -0.2) is 9.97 Å². The molecule has 2 heteroatoms. The van der Waals surface area contributed by atoms with Crippen LogP contribution >= 0.6 is 0 Å². The minimum Gasteiger partial charge on any atom is -0.244 e. The van der Waals surface area contributed by atoms with Gasteiger partial charge in [-0.15, -0.1) is 0 Å². The van der Waals surface area contributed by atoms with Gasteiger partial charge in [-0.05, 0) is 83.7 Å². The normalized spacial score (nSPS) is 12.1. The van der Waals surface area contributed by atoms with Gasteiger partial charge in [0.1, 0.15) is 0 Å². The summed E-state index contributed by atoms with van der Waals surface area (Å²) in [5, 5.41) is 7.83. The monoisotopic (exact) mass is 614 g/mol. The van der Waals surface area contributed by atoms with Crippen LogP contribution in [0, 0.1) is 0 Å². The molecule has 0 atom stereocenters. The van der Waals surface area contributed by atoms with E-state index in [2.05, 4.69) is 142 Å². The van der Waals surface area contributed by atoms with Gasteiger partial charge in [-0.25, -0.2) is 9.97 Å². The number of hydrogen-bond donors (Lipinski definition) is 0. The van der Waals surface area contributed by atoms with Gasteiger partial charge in [0.2, 0.25) is 0 Å². The molecule has 0 saturated carbocycles. The molecule has 228 valence electrons. The molecule has 0 spiro atoms. The predicted molar refractivity (Wildman–Crippen MR) is 204 cm³/mol. The quantitative estimate of drug-likeness (QED) is 0.184. The smallest absolute Gasteiger partial charge is 0.0973 e. The number of rotatable bonds is 4. The maximum absolute atomic E-state index is 5.15. The largest absolute Gasteiger partial charge is 0.244 e. The fraction of sp³-hybridized carbons (Fsp3) is 0.0870. The van der Waals surface area contributed by atoms with Crippen LogP contribution in [0.15, 0.2) is 152 Å². The van der Waals surface area contributed by atoms with E-state index in [-0.39, 0.29) is 5.41 Å². The van der Waals surface area contributed by atoms with Crippen LogP contribution in [0.3, 0.4) is 0 Å². The van der Waals surface area contributed by atoms with Crippen LogP contribution < -0.4 is 0 Å². The van der Waals surface area contributed by atoms with E-state index in [0.717, 1.165) is 33.5 Å². The van der Waals surface area contributed by atoms with E-state index < -0.39 is 0 Å². The molecule has 0 bridgehead atoms. The molecular weight excluding hydrogens is 581 g/mol. The Morgan fingerprint density at radius 3 is 1.35 bits per heavy atom. The zero-order valence-corrected chi connectivity index (χ0v) is 27.3. The summed E-state index contributed by atoms with van der Waals surface area (Å²) in [6.45, 7) is 6.88. The molecule has 48 heavy (non-hydrogen) atoms. The van der Waals surface area contributed by atoms with Crippen LogP contribution in [-0.2, 0) is 5.41 Å². The fourth-order valence-corrected chi connectivity index (χ4v) is 7.25. The van der Waals surface area contributed by atoms with Gasteiger partial charge in [0.15, 0.2) is 0 Å². The molecule has 0 unspecified atom stereocenters. The summed E-state index contributed by atoms with van der Waals surface area (Å²) in [4.78, 5) is 10.2. The van der Waals surface area contributed by atoms with Crippen molar-refractivity contribution in [3.8, 4) is 44.8 Å². The number of nitrogens with zero attached hydrogens (tertiary/aromatic N) is 2. The summed E-state index contributed by atoms with van der Waals surface area (Å²) in [5.74, 6) is 0. The Labute approximate surface area is 280 Å². The SMILES string of the molecule is CC(C)(C)c1cc2ccc3c(-c4ccccc4)cc(-c4ccc(-c5nc6ccccc6nc5-c5ccccc5)cc4)c4ccc(c1)c2c34.